The molecule has 62 valence electrons. The predicted octanol–water partition coefficient (Wildman–Crippen LogP) is 1.59. The van der Waals surface area contributed by atoms with E-state index >= 15 is 0 Å². The number of aryl methyl sites for hydroxylation is 1. The number of rotatable bonds is 2. The molecule has 0 unspecified atom stereocenters. The number of nitrogens with one attached hydrogen (secondary N) is 1. The first-order valence-electron chi connectivity index (χ1n) is 3.92. The summed E-state index contributed by atoms with van der Waals surface area (Å²) in [5, 5.41) is 11.7. The second-order valence-corrected chi connectivity index (χ2v) is 2.78. The Bertz CT molecular complexity index is 310. The SMILES string of the molecule is CNCc1ccc(C#N)cc1C. The average molecular weight is 160 g/mol. The van der Waals surface area contributed by atoms with Crippen molar-refractivity contribution < 1.29 is 0 Å². The lowest BCUT2D eigenvalue weighted by Gasteiger charge is -2.04. The third kappa shape index (κ3) is 1.84. The molecule has 1 rings (SSSR count). The van der Waals surface area contributed by atoms with Crippen molar-refractivity contribution in [3.05, 3.63) is 34.9 Å². The molecule has 0 saturated carbocycles. The molecule has 1 aromatic rings. The molecule has 0 aliphatic rings. The Labute approximate surface area is 72.8 Å². The minimum absolute atomic E-state index is 0.729. The molecular formula is C10H12N2. The quantitative estimate of drug-likeness (QED) is 0.713. The van der Waals surface area contributed by atoms with Crippen LogP contribution in [0.15, 0.2) is 18.2 Å². The van der Waals surface area contributed by atoms with Gasteiger partial charge in [0.25, 0.3) is 0 Å². The van der Waals surface area contributed by atoms with Crippen molar-refractivity contribution in [1.82, 2.24) is 5.32 Å². The van der Waals surface area contributed by atoms with Crippen molar-refractivity contribution in [2.75, 3.05) is 7.05 Å². The lowest BCUT2D eigenvalue weighted by atomic mass is 10.1. The predicted molar refractivity (Wildman–Crippen MR) is 48.7 cm³/mol. The van der Waals surface area contributed by atoms with Crippen LogP contribution in [-0.4, -0.2) is 7.05 Å². The maximum Gasteiger partial charge on any atom is 0.0991 e. The molecule has 0 radical (unpaired) electrons. The van der Waals surface area contributed by atoms with Gasteiger partial charge in [-0.05, 0) is 37.2 Å². The standard InChI is InChI=1S/C10H12N2/c1-8-5-9(6-11)3-4-10(8)7-12-2/h3-5,12H,7H2,1-2H3. The van der Waals surface area contributed by atoms with E-state index in [4.69, 9.17) is 5.26 Å². The van der Waals surface area contributed by atoms with Crippen molar-refractivity contribution in [2.45, 2.75) is 13.5 Å². The molecule has 2 heteroatoms. The van der Waals surface area contributed by atoms with Gasteiger partial charge in [0.15, 0.2) is 0 Å². The Morgan fingerprint density at radius 2 is 2.25 bits per heavy atom. The molecule has 0 atom stereocenters. The summed E-state index contributed by atoms with van der Waals surface area (Å²) < 4.78 is 0. The Morgan fingerprint density at radius 1 is 1.50 bits per heavy atom. The van der Waals surface area contributed by atoms with Crippen LogP contribution in [0, 0.1) is 18.3 Å². The van der Waals surface area contributed by atoms with Gasteiger partial charge in [-0.3, -0.25) is 0 Å². The third-order valence-electron chi connectivity index (χ3n) is 1.84. The molecular weight excluding hydrogens is 148 g/mol. The average Bonchev–Trinajstić information content (AvgIpc) is 2.09. The zero-order valence-corrected chi connectivity index (χ0v) is 7.39. The monoisotopic (exact) mass is 160 g/mol. The summed E-state index contributed by atoms with van der Waals surface area (Å²) in [4.78, 5) is 0. The van der Waals surface area contributed by atoms with Crippen molar-refractivity contribution in [2.24, 2.45) is 0 Å². The van der Waals surface area contributed by atoms with Gasteiger partial charge in [-0.25, -0.2) is 0 Å². The first kappa shape index (κ1) is 8.76. The number of nitrogens with zero attached hydrogens (tertiary/aromatic N) is 1. The zero-order valence-electron chi connectivity index (χ0n) is 7.39. The lowest BCUT2D eigenvalue weighted by molar-refractivity contribution is 0.812. The van der Waals surface area contributed by atoms with Crippen LogP contribution in [0.3, 0.4) is 0 Å². The first-order valence-corrected chi connectivity index (χ1v) is 3.92. The van der Waals surface area contributed by atoms with Gasteiger partial charge in [-0.15, -0.1) is 0 Å². The fraction of sp³-hybridized carbons (Fsp3) is 0.300. The normalized spacial score (nSPS) is 9.42. The van der Waals surface area contributed by atoms with Crippen molar-refractivity contribution in [3.8, 4) is 6.07 Å². The molecule has 12 heavy (non-hydrogen) atoms. The second-order valence-electron chi connectivity index (χ2n) is 2.78. The number of nitriles is 1. The summed E-state index contributed by atoms with van der Waals surface area (Å²) >= 11 is 0. The highest BCUT2D eigenvalue weighted by Gasteiger charge is 1.97. The summed E-state index contributed by atoms with van der Waals surface area (Å²) in [7, 11) is 1.91. The van der Waals surface area contributed by atoms with E-state index in [1.807, 2.05) is 32.2 Å². The van der Waals surface area contributed by atoms with E-state index in [0.29, 0.717) is 0 Å². The number of hydrogen-bond acceptors (Lipinski definition) is 2. The van der Waals surface area contributed by atoms with Crippen LogP contribution in [0.4, 0.5) is 0 Å². The second kappa shape index (κ2) is 3.89. The van der Waals surface area contributed by atoms with Crippen LogP contribution < -0.4 is 5.32 Å². The molecule has 0 amide bonds. The Kier molecular flexibility index (Phi) is 2.84. The fourth-order valence-electron chi connectivity index (χ4n) is 1.15. The van der Waals surface area contributed by atoms with Crippen molar-refractivity contribution in [3.63, 3.8) is 0 Å². The van der Waals surface area contributed by atoms with E-state index in [0.717, 1.165) is 12.1 Å². The lowest BCUT2D eigenvalue weighted by Crippen LogP contribution is -2.06. The molecule has 0 aliphatic heterocycles. The molecule has 0 aliphatic carbocycles. The van der Waals surface area contributed by atoms with Gasteiger partial charge in [0.2, 0.25) is 0 Å². The molecule has 0 heterocycles. The van der Waals surface area contributed by atoms with Crippen LogP contribution in [0.2, 0.25) is 0 Å². The summed E-state index contributed by atoms with van der Waals surface area (Å²) in [6.45, 7) is 2.88. The Balaban J connectivity index is 2.97. The van der Waals surface area contributed by atoms with Crippen molar-refractivity contribution >= 4 is 0 Å². The van der Waals surface area contributed by atoms with Gasteiger partial charge in [-0.1, -0.05) is 6.07 Å². The van der Waals surface area contributed by atoms with E-state index in [1.54, 1.807) is 0 Å². The fourth-order valence-corrected chi connectivity index (χ4v) is 1.15. The summed E-state index contributed by atoms with van der Waals surface area (Å²) in [6.07, 6.45) is 0. The highest BCUT2D eigenvalue weighted by atomic mass is 14.8. The minimum Gasteiger partial charge on any atom is -0.316 e. The van der Waals surface area contributed by atoms with E-state index < -0.39 is 0 Å². The highest BCUT2D eigenvalue weighted by Crippen LogP contribution is 2.09. The first-order chi connectivity index (χ1) is 5.77. The molecule has 2 nitrogen and oxygen atoms in total. The van der Waals surface area contributed by atoms with E-state index in [9.17, 15) is 0 Å². The summed E-state index contributed by atoms with van der Waals surface area (Å²) in [6, 6.07) is 7.86. The van der Waals surface area contributed by atoms with Gasteiger partial charge in [0, 0.05) is 6.54 Å². The van der Waals surface area contributed by atoms with Crippen LogP contribution in [0.5, 0.6) is 0 Å². The van der Waals surface area contributed by atoms with Crippen LogP contribution in [0.25, 0.3) is 0 Å². The molecule has 0 saturated heterocycles. The van der Waals surface area contributed by atoms with Gasteiger partial charge in [-0.2, -0.15) is 5.26 Å². The topological polar surface area (TPSA) is 35.8 Å². The Hall–Kier alpha value is -1.33. The Morgan fingerprint density at radius 3 is 2.75 bits per heavy atom. The van der Waals surface area contributed by atoms with Gasteiger partial charge < -0.3 is 5.32 Å². The van der Waals surface area contributed by atoms with E-state index in [1.165, 1.54) is 11.1 Å². The molecule has 0 fully saturated rings. The van der Waals surface area contributed by atoms with E-state index in [2.05, 4.69) is 11.4 Å². The van der Waals surface area contributed by atoms with Crippen LogP contribution >= 0.6 is 0 Å². The maximum absolute atomic E-state index is 8.62. The molecule has 0 aromatic heterocycles. The highest BCUT2D eigenvalue weighted by molar-refractivity contribution is 5.37. The van der Waals surface area contributed by atoms with Crippen molar-refractivity contribution in [1.29, 1.82) is 5.26 Å². The van der Waals surface area contributed by atoms with Gasteiger partial charge in [0.05, 0.1) is 11.6 Å². The molecule has 0 bridgehead atoms. The zero-order chi connectivity index (χ0) is 8.97. The number of benzene rings is 1. The summed E-state index contributed by atoms with van der Waals surface area (Å²) in [5.41, 5.74) is 3.15. The minimum atomic E-state index is 0.729. The molecule has 1 N–H and O–H groups in total. The third-order valence-corrected chi connectivity index (χ3v) is 1.84. The number of hydrogen-bond donors (Lipinski definition) is 1. The molecule has 0 spiro atoms. The van der Waals surface area contributed by atoms with Gasteiger partial charge in [0.1, 0.15) is 0 Å². The van der Waals surface area contributed by atoms with Crippen LogP contribution in [0.1, 0.15) is 16.7 Å². The summed E-state index contributed by atoms with van der Waals surface area (Å²) in [5.74, 6) is 0. The largest absolute Gasteiger partial charge is 0.316 e. The van der Waals surface area contributed by atoms with Gasteiger partial charge >= 0.3 is 0 Å². The van der Waals surface area contributed by atoms with Crippen LogP contribution in [-0.2, 0) is 6.54 Å². The maximum atomic E-state index is 8.62. The smallest absolute Gasteiger partial charge is 0.0991 e. The molecule has 1 aromatic carbocycles. The van der Waals surface area contributed by atoms with E-state index in [-0.39, 0.29) is 0 Å².